The van der Waals surface area contributed by atoms with Gasteiger partial charge in [-0.15, -0.1) is 0 Å². The summed E-state index contributed by atoms with van der Waals surface area (Å²) >= 11 is 0. The average molecular weight is 908 g/mol. The van der Waals surface area contributed by atoms with Crippen molar-refractivity contribution in [3.05, 3.63) is 226 Å². The van der Waals surface area contributed by atoms with Gasteiger partial charge in [0.25, 0.3) is 0 Å². The minimum absolute atomic E-state index is 0.0888. The largest absolute Gasteiger partial charge is 0.508 e. The Labute approximate surface area is 406 Å². The van der Waals surface area contributed by atoms with Crippen molar-refractivity contribution < 1.29 is 20.4 Å². The molecule has 0 saturated carbocycles. The van der Waals surface area contributed by atoms with Gasteiger partial charge in [-0.1, -0.05) is 177 Å². The number of unbranched alkanes of at least 4 members (excludes halogenated alkanes) is 1. The van der Waals surface area contributed by atoms with Crippen LogP contribution in [0.25, 0.3) is 50.6 Å². The number of phenolic OH excluding ortho intramolecular Hbond substituents is 3. The Morgan fingerprint density at radius 1 is 0.681 bits per heavy atom. The summed E-state index contributed by atoms with van der Waals surface area (Å²) in [5.74, 6) is -1.01. The van der Waals surface area contributed by atoms with E-state index in [1.807, 2.05) is 80.6 Å². The molecular formula is C61H58BN3O4. The van der Waals surface area contributed by atoms with Crippen LogP contribution in [0.2, 0.25) is 5.82 Å². The van der Waals surface area contributed by atoms with Crippen molar-refractivity contribution in [3.8, 4) is 61.8 Å². The Bertz CT molecular complexity index is 3140. The minimum Gasteiger partial charge on any atom is -0.508 e. The van der Waals surface area contributed by atoms with Crippen molar-refractivity contribution in [2.45, 2.75) is 64.0 Å². The van der Waals surface area contributed by atoms with Gasteiger partial charge in [-0.3, -0.25) is 10.7 Å². The molecule has 8 heteroatoms. The van der Waals surface area contributed by atoms with E-state index in [-0.39, 0.29) is 46.6 Å². The third-order valence-electron chi connectivity index (χ3n) is 13.9. The highest BCUT2D eigenvalue weighted by atomic mass is 16.3. The van der Waals surface area contributed by atoms with Crippen LogP contribution in [-0.2, 0) is 6.42 Å². The first-order chi connectivity index (χ1) is 33.5. The molecule has 7 aromatic rings. The first-order valence-electron chi connectivity index (χ1n) is 23.9. The summed E-state index contributed by atoms with van der Waals surface area (Å²) in [6.07, 6.45) is 10.1. The Balaban J connectivity index is 1.07. The van der Waals surface area contributed by atoms with Crippen LogP contribution in [0.1, 0.15) is 73.5 Å². The van der Waals surface area contributed by atoms with E-state index in [0.717, 1.165) is 62.9 Å². The second-order valence-corrected chi connectivity index (χ2v) is 18.3. The summed E-state index contributed by atoms with van der Waals surface area (Å²) in [5, 5.41) is 64.1. The number of amidine groups is 1. The van der Waals surface area contributed by atoms with Gasteiger partial charge >= 0.3 is 0 Å². The molecule has 7 N–H and O–H groups in total. The molecule has 0 spiro atoms. The van der Waals surface area contributed by atoms with Gasteiger partial charge in [0.1, 0.15) is 31.4 Å². The average Bonchev–Trinajstić information content (AvgIpc) is 3.80. The summed E-state index contributed by atoms with van der Waals surface area (Å²) < 4.78 is 0. The third kappa shape index (κ3) is 9.41. The normalized spacial score (nSPS) is 16.4. The highest BCUT2D eigenvalue weighted by Crippen LogP contribution is 2.61. The molecule has 0 fully saturated rings. The molecule has 0 aromatic heterocycles. The Kier molecular flexibility index (Phi) is 13.6. The van der Waals surface area contributed by atoms with Crippen molar-refractivity contribution in [1.82, 2.24) is 10.6 Å². The maximum atomic E-state index is 12.4. The lowest BCUT2D eigenvalue weighted by atomic mass is 9.63. The molecule has 7 nitrogen and oxygen atoms in total. The zero-order valence-corrected chi connectivity index (χ0v) is 39.5. The van der Waals surface area contributed by atoms with E-state index in [9.17, 15) is 25.8 Å². The van der Waals surface area contributed by atoms with Gasteiger partial charge in [-0.2, -0.15) is 0 Å². The molecular weight excluding hydrogens is 849 g/mol. The fourth-order valence-corrected chi connectivity index (χ4v) is 10.2. The molecule has 0 heterocycles. The van der Waals surface area contributed by atoms with Crippen molar-refractivity contribution in [2.75, 3.05) is 0 Å². The van der Waals surface area contributed by atoms with Gasteiger partial charge in [0, 0.05) is 40.6 Å². The van der Waals surface area contributed by atoms with E-state index < -0.39 is 18.1 Å². The predicted molar refractivity (Wildman–Crippen MR) is 286 cm³/mol. The van der Waals surface area contributed by atoms with Gasteiger partial charge in [0.2, 0.25) is 0 Å². The zero-order chi connectivity index (χ0) is 48.2. The molecule has 4 unspecified atom stereocenters. The maximum absolute atomic E-state index is 12.4. The standard InChI is InChI=1S/C61H58BN3O4/c1-4-5-6-7-11-19-39-32-47(41-22-14-9-15-23-41)35-48(33-39)61(65-60(63)44-30-28-42(29-31-44)46-27-18-26-45(34-46)40-20-12-8-13-21-40)64-38(3)51-37(2)55(62)53-49(56(51)66)36-50-54(53)58(68)52(59(69)57(50)67)43-24-16-10-17-25-43/h6-35,38,53,55,61,64,66-69H,4-5,36,62H2,1-3H3,(H2,63,65)/b7-6-,19-11+. The lowest BCUT2D eigenvalue weighted by molar-refractivity contribution is 0.375. The molecule has 0 saturated heterocycles. The van der Waals surface area contributed by atoms with E-state index >= 15 is 0 Å². The Morgan fingerprint density at radius 2 is 1.28 bits per heavy atom. The highest BCUT2D eigenvalue weighted by Gasteiger charge is 2.45. The lowest BCUT2D eigenvalue weighted by Crippen LogP contribution is -2.44. The van der Waals surface area contributed by atoms with Gasteiger partial charge in [0.05, 0.1) is 5.56 Å². The molecule has 4 atom stereocenters. The molecule has 9 rings (SSSR count). The summed E-state index contributed by atoms with van der Waals surface area (Å²) in [7, 11) is 2.09. The minimum atomic E-state index is -0.605. The first-order valence-corrected chi connectivity index (χ1v) is 23.9. The smallest absolute Gasteiger partial charge is 0.169 e. The Hall–Kier alpha value is -7.81. The van der Waals surface area contributed by atoms with Crippen LogP contribution in [0.5, 0.6) is 17.2 Å². The molecule has 7 aromatic carbocycles. The van der Waals surface area contributed by atoms with E-state index in [1.165, 1.54) is 0 Å². The number of hydrogen-bond donors (Lipinski definition) is 7. The number of hydrogen-bond acceptors (Lipinski definition) is 6. The van der Waals surface area contributed by atoms with Crippen LogP contribution >= 0.6 is 0 Å². The Morgan fingerprint density at radius 3 is 1.91 bits per heavy atom. The number of nitrogens with one attached hydrogen (secondary N) is 3. The molecule has 0 bridgehead atoms. The number of benzene rings is 7. The second-order valence-electron chi connectivity index (χ2n) is 18.3. The molecule has 2 aliphatic carbocycles. The summed E-state index contributed by atoms with van der Waals surface area (Å²) in [6, 6.07) is 52.3. The molecule has 69 heavy (non-hydrogen) atoms. The van der Waals surface area contributed by atoms with Crippen molar-refractivity contribution in [2.24, 2.45) is 0 Å². The fourth-order valence-electron chi connectivity index (χ4n) is 10.2. The molecule has 0 amide bonds. The monoisotopic (exact) mass is 907 g/mol. The SMILES string of the molecule is BC1C(C)=C(C(C)NC(NC(=N)c2ccc(-c3cccc(-c4ccccc4)c3)cc2)c2cc(/C=C/C=C\CCC)cc(-c3ccccc3)c2)C(O)=C2Cc3c(O)c(O)c(-c4ccccc4)c(O)c3C21. The van der Waals surface area contributed by atoms with E-state index in [0.29, 0.717) is 33.4 Å². The number of aromatic hydroxyl groups is 3. The van der Waals surface area contributed by atoms with E-state index in [1.54, 1.807) is 12.1 Å². The molecule has 344 valence electrons. The first kappa shape index (κ1) is 46.3. The van der Waals surface area contributed by atoms with Crippen molar-refractivity contribution in [1.29, 1.82) is 5.41 Å². The quantitative estimate of drug-likeness (QED) is 0.0111. The second kappa shape index (κ2) is 20.2. The topological polar surface area (TPSA) is 129 Å². The number of allylic oxidation sites excluding steroid dienone is 5. The fraction of sp³-hybridized carbons (Fsp3) is 0.164. The van der Waals surface area contributed by atoms with Crippen LogP contribution in [0.3, 0.4) is 0 Å². The number of fused-ring (bicyclic) bond motifs is 3. The number of aliphatic hydroxyl groups is 1. The van der Waals surface area contributed by atoms with E-state index in [4.69, 9.17) is 0 Å². The maximum Gasteiger partial charge on any atom is 0.169 e. The number of phenols is 3. The predicted octanol–water partition coefficient (Wildman–Crippen LogP) is 13.3. The molecule has 0 radical (unpaired) electrons. The zero-order valence-electron chi connectivity index (χ0n) is 39.5. The molecule has 2 aliphatic rings. The van der Waals surface area contributed by atoms with Gasteiger partial charge in [0.15, 0.2) is 11.5 Å². The lowest BCUT2D eigenvalue weighted by Gasteiger charge is -2.36. The van der Waals surface area contributed by atoms with Gasteiger partial charge in [-0.25, -0.2) is 0 Å². The van der Waals surface area contributed by atoms with Gasteiger partial charge < -0.3 is 25.7 Å². The number of aliphatic hydroxyl groups excluding tert-OH is 1. The van der Waals surface area contributed by atoms with Crippen LogP contribution in [0.4, 0.5) is 0 Å². The van der Waals surface area contributed by atoms with Crippen LogP contribution < -0.4 is 10.6 Å². The van der Waals surface area contributed by atoms with Crippen LogP contribution in [-0.4, -0.2) is 40.1 Å². The number of rotatable bonds is 14. The van der Waals surface area contributed by atoms with Gasteiger partial charge in [-0.05, 0) is 106 Å². The van der Waals surface area contributed by atoms with Crippen LogP contribution in [0.15, 0.2) is 198 Å². The summed E-state index contributed by atoms with van der Waals surface area (Å²) in [6.45, 7) is 6.21. The third-order valence-corrected chi connectivity index (χ3v) is 13.9. The summed E-state index contributed by atoms with van der Waals surface area (Å²) in [4.78, 5) is 0. The summed E-state index contributed by atoms with van der Waals surface area (Å²) in [5.41, 5.74) is 13.2. The van der Waals surface area contributed by atoms with Crippen molar-refractivity contribution in [3.63, 3.8) is 0 Å². The van der Waals surface area contributed by atoms with Crippen molar-refractivity contribution >= 4 is 19.8 Å². The highest BCUT2D eigenvalue weighted by molar-refractivity contribution is 6.15. The van der Waals surface area contributed by atoms with E-state index in [2.05, 4.69) is 129 Å². The van der Waals surface area contributed by atoms with Crippen LogP contribution in [0, 0.1) is 5.41 Å². The molecule has 0 aliphatic heterocycles.